The van der Waals surface area contributed by atoms with E-state index >= 15 is 0 Å². The van der Waals surface area contributed by atoms with Gasteiger partial charge >= 0.3 is 5.97 Å². The average Bonchev–Trinajstić information content (AvgIpc) is 2.36. The minimum atomic E-state index is -0.347. The highest BCUT2D eigenvalue weighted by Crippen LogP contribution is 2.19. The number of esters is 1. The zero-order valence-corrected chi connectivity index (χ0v) is 12.3. The molecule has 0 saturated carbocycles. The van der Waals surface area contributed by atoms with E-state index in [0.29, 0.717) is 12.4 Å². The smallest absolute Gasteiger partial charge is 0.306 e. The second-order valence-corrected chi connectivity index (χ2v) is 4.72. The first kappa shape index (κ1) is 14.9. The SMILES string of the molecule is CCOC(=O)CCC(=O)COc1ccccc1I. The number of ether oxygens (including phenoxy) is 2. The van der Waals surface area contributed by atoms with Crippen molar-refractivity contribution in [2.45, 2.75) is 19.8 Å². The summed E-state index contributed by atoms with van der Waals surface area (Å²) in [6.07, 6.45) is 0.268. The van der Waals surface area contributed by atoms with Crippen LogP contribution in [0.5, 0.6) is 5.75 Å². The summed E-state index contributed by atoms with van der Waals surface area (Å²) in [5, 5.41) is 0. The van der Waals surface area contributed by atoms with Crippen molar-refractivity contribution in [2.75, 3.05) is 13.2 Å². The molecule has 0 radical (unpaired) electrons. The number of para-hydroxylation sites is 1. The monoisotopic (exact) mass is 362 g/mol. The van der Waals surface area contributed by atoms with Crippen LogP contribution in [-0.4, -0.2) is 25.0 Å². The molecular weight excluding hydrogens is 347 g/mol. The van der Waals surface area contributed by atoms with Crippen LogP contribution < -0.4 is 4.74 Å². The van der Waals surface area contributed by atoms with Crippen molar-refractivity contribution in [3.05, 3.63) is 27.8 Å². The van der Waals surface area contributed by atoms with Gasteiger partial charge in [0.25, 0.3) is 0 Å². The Morgan fingerprint density at radius 3 is 2.61 bits per heavy atom. The predicted octanol–water partition coefficient (Wildman–Crippen LogP) is 2.58. The second-order valence-electron chi connectivity index (χ2n) is 3.56. The molecule has 0 fully saturated rings. The van der Waals surface area contributed by atoms with Crippen molar-refractivity contribution >= 4 is 34.3 Å². The summed E-state index contributed by atoms with van der Waals surface area (Å²) in [7, 11) is 0. The summed E-state index contributed by atoms with van der Waals surface area (Å²) in [5.74, 6) is 0.227. The van der Waals surface area contributed by atoms with Crippen molar-refractivity contribution in [2.24, 2.45) is 0 Å². The Hall–Kier alpha value is -1.11. The van der Waals surface area contributed by atoms with Crippen LogP contribution in [0.3, 0.4) is 0 Å². The standard InChI is InChI=1S/C13H15IO4/c1-2-17-13(16)8-7-10(15)9-18-12-6-4-3-5-11(12)14/h3-6H,2,7-9H2,1H3. The fraction of sp³-hybridized carbons (Fsp3) is 0.385. The van der Waals surface area contributed by atoms with Crippen molar-refractivity contribution in [1.29, 1.82) is 0 Å². The molecule has 0 N–H and O–H groups in total. The summed E-state index contributed by atoms with van der Waals surface area (Å²) < 4.78 is 11.1. The molecule has 0 spiro atoms. The van der Waals surface area contributed by atoms with Crippen LogP contribution in [0.25, 0.3) is 0 Å². The first-order chi connectivity index (χ1) is 8.63. The maximum absolute atomic E-state index is 11.5. The van der Waals surface area contributed by atoms with Crippen molar-refractivity contribution in [3.63, 3.8) is 0 Å². The number of ketones is 1. The normalized spacial score (nSPS) is 9.89. The molecular formula is C13H15IO4. The maximum Gasteiger partial charge on any atom is 0.306 e. The molecule has 18 heavy (non-hydrogen) atoms. The van der Waals surface area contributed by atoms with E-state index < -0.39 is 0 Å². The van der Waals surface area contributed by atoms with Crippen LogP contribution in [0.15, 0.2) is 24.3 Å². The lowest BCUT2D eigenvalue weighted by molar-refractivity contribution is -0.144. The Morgan fingerprint density at radius 1 is 1.22 bits per heavy atom. The van der Waals surface area contributed by atoms with E-state index in [9.17, 15) is 9.59 Å². The fourth-order valence-electron chi connectivity index (χ4n) is 1.27. The lowest BCUT2D eigenvalue weighted by Gasteiger charge is -2.07. The van der Waals surface area contributed by atoms with Gasteiger partial charge in [-0.15, -0.1) is 0 Å². The molecule has 0 amide bonds. The number of carbonyl (C=O) groups is 2. The molecule has 1 aromatic rings. The van der Waals surface area contributed by atoms with Gasteiger partial charge in [0.2, 0.25) is 0 Å². The summed E-state index contributed by atoms with van der Waals surface area (Å²) in [6, 6.07) is 7.46. The Kier molecular flexibility index (Phi) is 6.70. The Bertz CT molecular complexity index is 417. The van der Waals surface area contributed by atoms with Gasteiger partial charge in [-0.05, 0) is 41.6 Å². The van der Waals surface area contributed by atoms with Gasteiger partial charge in [0, 0.05) is 6.42 Å². The second kappa shape index (κ2) is 8.07. The topological polar surface area (TPSA) is 52.6 Å². The van der Waals surface area contributed by atoms with E-state index in [-0.39, 0.29) is 31.2 Å². The highest BCUT2D eigenvalue weighted by atomic mass is 127. The van der Waals surface area contributed by atoms with Crippen molar-refractivity contribution in [3.8, 4) is 5.75 Å². The highest BCUT2D eigenvalue weighted by Gasteiger charge is 2.09. The van der Waals surface area contributed by atoms with E-state index in [1.165, 1.54) is 0 Å². The fourth-order valence-corrected chi connectivity index (χ4v) is 1.81. The number of halogens is 1. The molecule has 0 bridgehead atoms. The number of carbonyl (C=O) groups excluding carboxylic acids is 2. The van der Waals surface area contributed by atoms with Gasteiger partial charge in [-0.2, -0.15) is 0 Å². The largest absolute Gasteiger partial charge is 0.485 e. The molecule has 0 atom stereocenters. The zero-order chi connectivity index (χ0) is 13.4. The number of benzene rings is 1. The lowest BCUT2D eigenvalue weighted by Crippen LogP contribution is -2.14. The third kappa shape index (κ3) is 5.48. The molecule has 0 aliphatic carbocycles. The third-order valence-corrected chi connectivity index (χ3v) is 3.03. The highest BCUT2D eigenvalue weighted by molar-refractivity contribution is 14.1. The van der Waals surface area contributed by atoms with Crippen molar-refractivity contribution < 1.29 is 19.1 Å². The van der Waals surface area contributed by atoms with E-state index in [1.54, 1.807) is 13.0 Å². The zero-order valence-electron chi connectivity index (χ0n) is 10.1. The van der Waals surface area contributed by atoms with Crippen LogP contribution in [0.4, 0.5) is 0 Å². The van der Waals surface area contributed by atoms with Gasteiger partial charge in [-0.25, -0.2) is 0 Å². The lowest BCUT2D eigenvalue weighted by atomic mass is 10.2. The van der Waals surface area contributed by atoms with E-state index in [0.717, 1.165) is 3.57 Å². The van der Waals surface area contributed by atoms with Crippen LogP contribution in [0.2, 0.25) is 0 Å². The first-order valence-corrected chi connectivity index (χ1v) is 6.76. The molecule has 5 heteroatoms. The molecule has 4 nitrogen and oxygen atoms in total. The minimum Gasteiger partial charge on any atom is -0.485 e. The summed E-state index contributed by atoms with van der Waals surface area (Å²) in [5.41, 5.74) is 0. The van der Waals surface area contributed by atoms with Crippen LogP contribution in [0, 0.1) is 3.57 Å². The van der Waals surface area contributed by atoms with Gasteiger partial charge in [-0.1, -0.05) is 12.1 Å². The number of rotatable bonds is 7. The quantitative estimate of drug-likeness (QED) is 0.553. The van der Waals surface area contributed by atoms with E-state index in [4.69, 9.17) is 9.47 Å². The number of Topliss-reactive ketones (excluding diaryl/α,β-unsaturated/α-hetero) is 1. The van der Waals surface area contributed by atoms with Gasteiger partial charge in [0.15, 0.2) is 5.78 Å². The molecule has 0 aliphatic heterocycles. The summed E-state index contributed by atoms with van der Waals surface area (Å²) in [4.78, 5) is 22.6. The Morgan fingerprint density at radius 2 is 1.94 bits per heavy atom. The third-order valence-electron chi connectivity index (χ3n) is 2.14. The first-order valence-electron chi connectivity index (χ1n) is 5.68. The average molecular weight is 362 g/mol. The van der Waals surface area contributed by atoms with Gasteiger partial charge in [0.1, 0.15) is 12.4 Å². The maximum atomic E-state index is 11.5. The predicted molar refractivity (Wildman–Crippen MR) is 75.5 cm³/mol. The molecule has 0 saturated heterocycles. The van der Waals surface area contributed by atoms with Crippen molar-refractivity contribution in [1.82, 2.24) is 0 Å². The molecule has 1 aromatic carbocycles. The van der Waals surface area contributed by atoms with Gasteiger partial charge in [-0.3, -0.25) is 9.59 Å². The Labute approximate surface area is 120 Å². The Balaban J connectivity index is 2.29. The molecule has 1 rings (SSSR count). The molecule has 0 aliphatic rings. The summed E-state index contributed by atoms with van der Waals surface area (Å²) >= 11 is 2.14. The van der Waals surface area contributed by atoms with E-state index in [1.807, 2.05) is 18.2 Å². The molecule has 0 heterocycles. The molecule has 98 valence electrons. The molecule has 0 unspecified atom stereocenters. The van der Waals surface area contributed by atoms with Gasteiger partial charge in [0.05, 0.1) is 16.6 Å². The van der Waals surface area contributed by atoms with Crippen LogP contribution >= 0.6 is 22.6 Å². The summed E-state index contributed by atoms with van der Waals surface area (Å²) in [6.45, 7) is 2.06. The van der Waals surface area contributed by atoms with E-state index in [2.05, 4.69) is 22.6 Å². The number of hydrogen-bond acceptors (Lipinski definition) is 4. The minimum absolute atomic E-state index is 0.0145. The number of hydrogen-bond donors (Lipinski definition) is 0. The molecule has 0 aromatic heterocycles. The van der Waals surface area contributed by atoms with Gasteiger partial charge < -0.3 is 9.47 Å². The van der Waals surface area contributed by atoms with Crippen LogP contribution in [-0.2, 0) is 14.3 Å². The van der Waals surface area contributed by atoms with Crippen LogP contribution in [0.1, 0.15) is 19.8 Å².